The molecule has 0 saturated heterocycles. The molecule has 86 valence electrons. The lowest BCUT2D eigenvalue weighted by molar-refractivity contribution is 0.418. The van der Waals surface area contributed by atoms with E-state index in [-0.39, 0.29) is 0 Å². The Balaban J connectivity index is 2.69. The maximum Gasteiger partial charge on any atom is 0.197 e. The van der Waals surface area contributed by atoms with E-state index >= 15 is 0 Å². The van der Waals surface area contributed by atoms with Crippen LogP contribution in [0.4, 0.5) is 10.8 Å². The fourth-order valence-electron chi connectivity index (χ4n) is 1.50. The highest BCUT2D eigenvalue weighted by molar-refractivity contribution is 7.11. The second-order valence-electron chi connectivity index (χ2n) is 3.47. The van der Waals surface area contributed by atoms with E-state index in [9.17, 15) is 0 Å². The number of ether oxygens (including phenoxy) is 1. The topological polar surface area (TPSA) is 60.2 Å². The van der Waals surface area contributed by atoms with Crippen molar-refractivity contribution >= 4 is 22.4 Å². The van der Waals surface area contributed by atoms with Crippen molar-refractivity contribution < 1.29 is 4.74 Å². The Hall–Kier alpha value is -0.970. The molecule has 1 aromatic heterocycles. The molecule has 1 rings (SSSR count). The Bertz CT molecular complexity index is 301. The Morgan fingerprint density at radius 3 is 2.80 bits per heavy atom. The van der Waals surface area contributed by atoms with Crippen LogP contribution in [0.3, 0.4) is 0 Å². The largest absolute Gasteiger partial charge is 0.490 e. The predicted molar refractivity (Wildman–Crippen MR) is 65.7 cm³/mol. The molecule has 0 fully saturated rings. The van der Waals surface area contributed by atoms with Gasteiger partial charge in [0, 0.05) is 6.04 Å². The maximum absolute atomic E-state index is 5.68. The summed E-state index contributed by atoms with van der Waals surface area (Å²) in [6.07, 6.45) is 3.41. The summed E-state index contributed by atoms with van der Waals surface area (Å²) >= 11 is 1.36. The summed E-state index contributed by atoms with van der Waals surface area (Å²) in [6.45, 7) is 4.35. The monoisotopic (exact) mass is 229 g/mol. The number of rotatable bonds is 6. The summed E-state index contributed by atoms with van der Waals surface area (Å²) in [5.74, 6) is 1.14. The first-order chi connectivity index (χ1) is 7.22. The third-order valence-corrected chi connectivity index (χ3v) is 3.12. The fraction of sp³-hybridized carbons (Fsp3) is 0.700. The smallest absolute Gasteiger partial charge is 0.197 e. The van der Waals surface area contributed by atoms with E-state index in [4.69, 9.17) is 10.5 Å². The second-order valence-corrected chi connectivity index (χ2v) is 4.24. The van der Waals surface area contributed by atoms with Crippen molar-refractivity contribution in [1.29, 1.82) is 0 Å². The van der Waals surface area contributed by atoms with Crippen molar-refractivity contribution in [2.24, 2.45) is 0 Å². The highest BCUT2D eigenvalue weighted by atomic mass is 32.1. The van der Waals surface area contributed by atoms with Crippen molar-refractivity contribution in [1.82, 2.24) is 4.37 Å². The van der Waals surface area contributed by atoms with Gasteiger partial charge in [0.05, 0.1) is 7.11 Å². The van der Waals surface area contributed by atoms with Crippen LogP contribution < -0.4 is 15.8 Å². The molecule has 1 unspecified atom stereocenters. The van der Waals surface area contributed by atoms with Crippen LogP contribution in [-0.2, 0) is 0 Å². The van der Waals surface area contributed by atoms with Crippen LogP contribution in [0.15, 0.2) is 0 Å². The van der Waals surface area contributed by atoms with Gasteiger partial charge >= 0.3 is 0 Å². The van der Waals surface area contributed by atoms with Crippen LogP contribution in [0.5, 0.6) is 5.75 Å². The number of hydrogen-bond donors (Lipinski definition) is 2. The molecule has 4 nitrogen and oxygen atoms in total. The van der Waals surface area contributed by atoms with Crippen LogP contribution >= 0.6 is 11.5 Å². The molecule has 0 aliphatic rings. The van der Waals surface area contributed by atoms with E-state index in [0.29, 0.717) is 17.6 Å². The minimum atomic E-state index is 0.469. The zero-order chi connectivity index (χ0) is 11.3. The van der Waals surface area contributed by atoms with E-state index in [1.54, 1.807) is 7.11 Å². The molecule has 0 aliphatic heterocycles. The van der Waals surface area contributed by atoms with Gasteiger partial charge in [-0.3, -0.25) is 0 Å². The van der Waals surface area contributed by atoms with Crippen LogP contribution in [-0.4, -0.2) is 17.5 Å². The minimum Gasteiger partial charge on any atom is -0.490 e. The summed E-state index contributed by atoms with van der Waals surface area (Å²) in [7, 11) is 1.62. The number of nitrogen functional groups attached to an aromatic ring is 1. The first kappa shape index (κ1) is 12.1. The van der Waals surface area contributed by atoms with Gasteiger partial charge in [-0.25, -0.2) is 0 Å². The Morgan fingerprint density at radius 1 is 1.53 bits per heavy atom. The summed E-state index contributed by atoms with van der Waals surface area (Å²) in [5, 5.41) is 4.36. The average Bonchev–Trinajstić information content (AvgIpc) is 2.58. The van der Waals surface area contributed by atoms with Crippen molar-refractivity contribution in [3.05, 3.63) is 0 Å². The molecule has 0 aliphatic carbocycles. The second kappa shape index (κ2) is 5.80. The number of methoxy groups -OCH3 is 1. The molecule has 0 radical (unpaired) electrons. The van der Waals surface area contributed by atoms with Crippen molar-refractivity contribution in [2.45, 2.75) is 39.2 Å². The first-order valence-corrected chi connectivity index (χ1v) is 6.05. The van der Waals surface area contributed by atoms with Gasteiger partial charge in [0.2, 0.25) is 0 Å². The number of nitrogens with zero attached hydrogens (tertiary/aromatic N) is 1. The Morgan fingerprint density at radius 2 is 2.27 bits per heavy atom. The third-order valence-electron chi connectivity index (χ3n) is 2.34. The van der Waals surface area contributed by atoms with Gasteiger partial charge in [-0.2, -0.15) is 4.37 Å². The van der Waals surface area contributed by atoms with Crippen molar-refractivity contribution in [3.63, 3.8) is 0 Å². The molecule has 0 amide bonds. The summed E-state index contributed by atoms with van der Waals surface area (Å²) in [5.41, 5.74) is 5.68. The van der Waals surface area contributed by atoms with Crippen molar-refractivity contribution in [2.75, 3.05) is 18.2 Å². The number of aromatic nitrogens is 1. The zero-order valence-electron chi connectivity index (χ0n) is 9.54. The molecule has 0 spiro atoms. The summed E-state index contributed by atoms with van der Waals surface area (Å²) < 4.78 is 9.27. The molecule has 0 aromatic carbocycles. The maximum atomic E-state index is 5.68. The third kappa shape index (κ3) is 2.99. The zero-order valence-corrected chi connectivity index (χ0v) is 10.4. The van der Waals surface area contributed by atoms with E-state index in [0.717, 1.165) is 17.8 Å². The lowest BCUT2D eigenvalue weighted by Crippen LogP contribution is -2.17. The molecule has 15 heavy (non-hydrogen) atoms. The highest BCUT2D eigenvalue weighted by Gasteiger charge is 2.14. The molecular formula is C10H19N3OS. The van der Waals surface area contributed by atoms with Gasteiger partial charge in [-0.15, -0.1) is 0 Å². The summed E-state index contributed by atoms with van der Waals surface area (Å²) in [4.78, 5) is 0. The van der Waals surface area contributed by atoms with Crippen LogP contribution in [0.2, 0.25) is 0 Å². The Kier molecular flexibility index (Phi) is 4.68. The predicted octanol–water partition coefficient (Wildman–Crippen LogP) is 2.72. The number of nitrogens with one attached hydrogen (secondary N) is 1. The summed E-state index contributed by atoms with van der Waals surface area (Å²) in [6, 6.07) is 0.476. The van der Waals surface area contributed by atoms with Gasteiger partial charge in [-0.1, -0.05) is 20.3 Å². The fourth-order valence-corrected chi connectivity index (χ4v) is 2.26. The quantitative estimate of drug-likeness (QED) is 0.787. The van der Waals surface area contributed by atoms with Crippen LogP contribution in [0.1, 0.15) is 33.1 Å². The van der Waals surface area contributed by atoms with Gasteiger partial charge in [0.15, 0.2) is 16.6 Å². The number of anilines is 2. The normalized spacial score (nSPS) is 12.5. The minimum absolute atomic E-state index is 0.469. The molecular weight excluding hydrogens is 210 g/mol. The highest BCUT2D eigenvalue weighted by Crippen LogP contribution is 2.35. The Labute approximate surface area is 95.0 Å². The van der Waals surface area contributed by atoms with E-state index in [2.05, 4.69) is 23.5 Å². The van der Waals surface area contributed by atoms with Gasteiger partial charge in [-0.05, 0) is 24.4 Å². The standard InChI is InChI=1S/C10H19N3OS/c1-4-6-7(5-2)12-10-8(14-3)9(11)13-15-10/h7,12H,4-6H2,1-3H3,(H2,11,13). The lowest BCUT2D eigenvalue weighted by atomic mass is 10.1. The lowest BCUT2D eigenvalue weighted by Gasteiger charge is -2.16. The molecule has 1 atom stereocenters. The van der Waals surface area contributed by atoms with Crippen LogP contribution in [0.25, 0.3) is 0 Å². The van der Waals surface area contributed by atoms with Crippen LogP contribution in [0, 0.1) is 0 Å². The SMILES string of the molecule is CCCC(CC)Nc1snc(N)c1OC. The molecule has 1 aromatic rings. The van der Waals surface area contributed by atoms with Gasteiger partial charge in [0.25, 0.3) is 0 Å². The molecule has 3 N–H and O–H groups in total. The molecule has 0 saturated carbocycles. The molecule has 5 heteroatoms. The van der Waals surface area contributed by atoms with Crippen molar-refractivity contribution in [3.8, 4) is 5.75 Å². The number of hydrogen-bond acceptors (Lipinski definition) is 5. The molecule has 0 bridgehead atoms. The van der Waals surface area contributed by atoms with E-state index in [1.807, 2.05) is 0 Å². The number of nitrogens with two attached hydrogens (primary N) is 1. The van der Waals surface area contributed by atoms with E-state index in [1.165, 1.54) is 18.0 Å². The van der Waals surface area contributed by atoms with Gasteiger partial charge < -0.3 is 15.8 Å². The first-order valence-electron chi connectivity index (χ1n) is 5.28. The van der Waals surface area contributed by atoms with Gasteiger partial charge in [0.1, 0.15) is 0 Å². The average molecular weight is 229 g/mol. The van der Waals surface area contributed by atoms with E-state index < -0.39 is 0 Å². The molecule has 1 heterocycles.